The highest BCUT2D eigenvalue weighted by molar-refractivity contribution is 5.98. The van der Waals surface area contributed by atoms with Crippen LogP contribution in [0.25, 0.3) is 22.3 Å². The van der Waals surface area contributed by atoms with Crippen LogP contribution >= 0.6 is 0 Å². The third kappa shape index (κ3) is 5.79. The molecule has 2 aliphatic rings. The van der Waals surface area contributed by atoms with Gasteiger partial charge in [-0.15, -0.1) is 0 Å². The SMILES string of the molecule is COC[C@]1(O)CCCC[C@H]1n1cnc(C(=O)N2CCNC[C@H]2CCOc2ccc3c(c2)nc(C)n3C)c1-c1ccccc1. The molecule has 228 valence electrons. The number of carbonyl (C=O) groups is 1. The van der Waals surface area contributed by atoms with Gasteiger partial charge in [0.15, 0.2) is 5.69 Å². The summed E-state index contributed by atoms with van der Waals surface area (Å²) in [5, 5.41) is 15.1. The molecule has 2 aromatic heterocycles. The maximum absolute atomic E-state index is 14.3. The van der Waals surface area contributed by atoms with Crippen molar-refractivity contribution in [3.05, 3.63) is 66.4 Å². The molecule has 1 amide bonds. The van der Waals surface area contributed by atoms with Crippen LogP contribution in [-0.2, 0) is 11.8 Å². The van der Waals surface area contributed by atoms with Crippen molar-refractivity contribution in [2.24, 2.45) is 7.05 Å². The lowest BCUT2D eigenvalue weighted by molar-refractivity contribution is -0.0893. The van der Waals surface area contributed by atoms with Gasteiger partial charge in [0, 0.05) is 57.9 Å². The van der Waals surface area contributed by atoms with E-state index in [4.69, 9.17) is 14.5 Å². The zero-order valence-corrected chi connectivity index (χ0v) is 25.3. The van der Waals surface area contributed by atoms with Gasteiger partial charge < -0.3 is 33.9 Å². The molecule has 43 heavy (non-hydrogen) atoms. The lowest BCUT2D eigenvalue weighted by Gasteiger charge is -2.41. The van der Waals surface area contributed by atoms with Gasteiger partial charge in [0.1, 0.15) is 17.2 Å². The molecule has 1 aliphatic heterocycles. The van der Waals surface area contributed by atoms with Crippen LogP contribution in [0.15, 0.2) is 54.9 Å². The monoisotopic (exact) mass is 586 g/mol. The lowest BCUT2D eigenvalue weighted by Crippen LogP contribution is -2.54. The summed E-state index contributed by atoms with van der Waals surface area (Å²) in [6, 6.07) is 15.6. The Balaban J connectivity index is 1.24. The highest BCUT2D eigenvalue weighted by Crippen LogP contribution is 2.41. The number of hydrogen-bond donors (Lipinski definition) is 2. The minimum Gasteiger partial charge on any atom is -0.493 e. The highest BCUT2D eigenvalue weighted by Gasteiger charge is 2.42. The average molecular weight is 587 g/mol. The molecule has 1 aliphatic carbocycles. The zero-order valence-electron chi connectivity index (χ0n) is 25.3. The summed E-state index contributed by atoms with van der Waals surface area (Å²) in [4.78, 5) is 25.6. The van der Waals surface area contributed by atoms with E-state index in [1.54, 1.807) is 13.4 Å². The van der Waals surface area contributed by atoms with Gasteiger partial charge in [-0.1, -0.05) is 43.2 Å². The fourth-order valence-corrected chi connectivity index (χ4v) is 6.78. The molecule has 2 N–H and O–H groups in total. The molecule has 0 radical (unpaired) electrons. The first kappa shape index (κ1) is 29.3. The van der Waals surface area contributed by atoms with Crippen molar-refractivity contribution in [2.75, 3.05) is 40.0 Å². The van der Waals surface area contributed by atoms with Crippen molar-refractivity contribution in [3.8, 4) is 17.0 Å². The molecule has 4 aromatic rings. The maximum atomic E-state index is 14.3. The number of aliphatic hydroxyl groups is 1. The molecule has 1 saturated carbocycles. The number of fused-ring (bicyclic) bond motifs is 1. The van der Waals surface area contributed by atoms with E-state index in [9.17, 15) is 9.90 Å². The Labute approximate surface area is 252 Å². The number of benzene rings is 2. The van der Waals surface area contributed by atoms with Crippen LogP contribution in [0.4, 0.5) is 0 Å². The molecule has 3 atom stereocenters. The number of nitrogens with zero attached hydrogens (tertiary/aromatic N) is 5. The molecule has 10 nitrogen and oxygen atoms in total. The first-order valence-corrected chi connectivity index (χ1v) is 15.3. The van der Waals surface area contributed by atoms with Crippen LogP contribution in [0.2, 0.25) is 0 Å². The smallest absolute Gasteiger partial charge is 0.275 e. The summed E-state index contributed by atoms with van der Waals surface area (Å²) >= 11 is 0. The molecule has 0 bridgehead atoms. The number of nitrogens with one attached hydrogen (secondary N) is 1. The van der Waals surface area contributed by atoms with Gasteiger partial charge in [-0.3, -0.25) is 4.79 Å². The van der Waals surface area contributed by atoms with Crippen LogP contribution < -0.4 is 10.1 Å². The Morgan fingerprint density at radius 1 is 1.19 bits per heavy atom. The Hall–Kier alpha value is -3.73. The predicted octanol–water partition coefficient (Wildman–Crippen LogP) is 4.12. The number of hydrogen-bond acceptors (Lipinski definition) is 7. The third-order valence-electron chi connectivity index (χ3n) is 9.14. The van der Waals surface area contributed by atoms with Gasteiger partial charge in [0.2, 0.25) is 0 Å². The van der Waals surface area contributed by atoms with Crippen molar-refractivity contribution in [1.82, 2.24) is 29.3 Å². The molecular formula is C33H42N6O4. The Morgan fingerprint density at radius 3 is 2.84 bits per heavy atom. The Kier molecular flexibility index (Phi) is 8.52. The first-order valence-electron chi connectivity index (χ1n) is 15.3. The summed E-state index contributed by atoms with van der Waals surface area (Å²) < 4.78 is 15.7. The van der Waals surface area contributed by atoms with E-state index in [0.29, 0.717) is 38.2 Å². The van der Waals surface area contributed by atoms with E-state index < -0.39 is 5.60 Å². The summed E-state index contributed by atoms with van der Waals surface area (Å²) in [7, 11) is 3.63. The molecule has 6 rings (SSSR count). The number of rotatable bonds is 9. The van der Waals surface area contributed by atoms with Gasteiger partial charge in [0.05, 0.1) is 42.3 Å². The summed E-state index contributed by atoms with van der Waals surface area (Å²) in [5.74, 6) is 1.63. The van der Waals surface area contributed by atoms with Gasteiger partial charge in [-0.25, -0.2) is 9.97 Å². The molecular weight excluding hydrogens is 544 g/mol. The summed E-state index contributed by atoms with van der Waals surface area (Å²) in [6.45, 7) is 4.69. The van der Waals surface area contributed by atoms with E-state index in [1.807, 2.05) is 72.0 Å². The van der Waals surface area contributed by atoms with Gasteiger partial charge >= 0.3 is 0 Å². The van der Waals surface area contributed by atoms with Crippen LogP contribution in [0.3, 0.4) is 0 Å². The van der Waals surface area contributed by atoms with E-state index in [-0.39, 0.29) is 24.6 Å². The maximum Gasteiger partial charge on any atom is 0.275 e. The van der Waals surface area contributed by atoms with Gasteiger partial charge in [-0.2, -0.15) is 0 Å². The lowest BCUT2D eigenvalue weighted by atomic mass is 9.80. The van der Waals surface area contributed by atoms with E-state index in [0.717, 1.165) is 59.7 Å². The quantitative estimate of drug-likeness (QED) is 0.304. The van der Waals surface area contributed by atoms with Crippen LogP contribution in [-0.4, -0.2) is 86.6 Å². The molecule has 1 saturated heterocycles. The summed E-state index contributed by atoms with van der Waals surface area (Å²) in [5.41, 5.74) is 3.03. The number of piperazine rings is 1. The van der Waals surface area contributed by atoms with Crippen molar-refractivity contribution in [3.63, 3.8) is 0 Å². The topological polar surface area (TPSA) is 107 Å². The van der Waals surface area contributed by atoms with Gasteiger partial charge in [-0.05, 0) is 31.9 Å². The zero-order chi connectivity index (χ0) is 30.0. The summed E-state index contributed by atoms with van der Waals surface area (Å²) in [6.07, 6.45) is 5.79. The van der Waals surface area contributed by atoms with Crippen LogP contribution in [0.5, 0.6) is 5.75 Å². The number of carbonyl (C=O) groups excluding carboxylic acids is 1. The third-order valence-corrected chi connectivity index (χ3v) is 9.14. The standard InChI is InChI=1S/C33H42N6O4/c1-23-36-27-19-26(12-13-28(27)37(23)2)43-18-14-25-20-34-16-17-38(25)32(40)30-31(24-9-5-4-6-10-24)39(22-35-30)29-11-7-8-15-33(29,41)21-42-3/h4-6,9-10,12-13,19,22,25,29,34,41H,7-8,11,14-18,20-21H2,1-3H3/t25-,29-,33-/m1/s1. The molecule has 0 spiro atoms. The van der Waals surface area contributed by atoms with Crippen molar-refractivity contribution in [1.29, 1.82) is 0 Å². The Morgan fingerprint density at radius 2 is 2.02 bits per heavy atom. The number of aromatic nitrogens is 4. The van der Waals surface area contributed by atoms with Crippen molar-refractivity contribution >= 4 is 16.9 Å². The average Bonchev–Trinajstić information content (AvgIpc) is 3.58. The molecule has 0 unspecified atom stereocenters. The number of aryl methyl sites for hydroxylation is 2. The predicted molar refractivity (Wildman–Crippen MR) is 165 cm³/mol. The number of amides is 1. The number of ether oxygens (including phenoxy) is 2. The fraction of sp³-hybridized carbons (Fsp3) is 0.485. The second-order valence-electron chi connectivity index (χ2n) is 11.9. The molecule has 2 aromatic carbocycles. The number of imidazole rings is 2. The van der Waals surface area contributed by atoms with E-state index in [1.165, 1.54) is 0 Å². The highest BCUT2D eigenvalue weighted by atomic mass is 16.5. The van der Waals surface area contributed by atoms with E-state index in [2.05, 4.69) is 14.9 Å². The largest absolute Gasteiger partial charge is 0.493 e. The van der Waals surface area contributed by atoms with Crippen LogP contribution in [0.1, 0.15) is 54.5 Å². The van der Waals surface area contributed by atoms with E-state index >= 15 is 0 Å². The molecule has 10 heteroatoms. The minimum absolute atomic E-state index is 0.0454. The van der Waals surface area contributed by atoms with Crippen molar-refractivity contribution in [2.45, 2.75) is 56.7 Å². The van der Waals surface area contributed by atoms with Crippen LogP contribution in [0, 0.1) is 6.92 Å². The second-order valence-corrected chi connectivity index (χ2v) is 11.9. The minimum atomic E-state index is -1.02. The molecule has 2 fully saturated rings. The second kappa shape index (κ2) is 12.5. The fourth-order valence-electron chi connectivity index (χ4n) is 6.78. The van der Waals surface area contributed by atoms with Gasteiger partial charge in [0.25, 0.3) is 5.91 Å². The Bertz CT molecular complexity index is 1560. The first-order chi connectivity index (χ1) is 20.9. The number of methoxy groups -OCH3 is 1. The molecule has 3 heterocycles. The van der Waals surface area contributed by atoms with Crippen molar-refractivity contribution < 1.29 is 19.4 Å². The normalized spacial score (nSPS) is 22.7.